The van der Waals surface area contributed by atoms with Crippen LogP contribution in [-0.2, 0) is 0 Å². The Balaban J connectivity index is 2.13. The average Bonchev–Trinajstić information content (AvgIpc) is 2.61. The van der Waals surface area contributed by atoms with E-state index in [0.717, 1.165) is 28.6 Å². The first-order chi connectivity index (χ1) is 11.2. The number of fused-ring (bicyclic) bond motifs is 1. The standard InChI is InChI=1S/C20H20N2O/c1-3-14(2)21-20(23)17-13-19(15-9-5-4-6-10-15)22-18-12-8-7-11-16(17)18/h4-14H,3H2,1-2H3,(H,21,23). The minimum atomic E-state index is -0.0462. The Bertz CT molecular complexity index is 827. The summed E-state index contributed by atoms with van der Waals surface area (Å²) in [5.41, 5.74) is 3.34. The van der Waals surface area contributed by atoms with Gasteiger partial charge >= 0.3 is 0 Å². The summed E-state index contributed by atoms with van der Waals surface area (Å²) in [5.74, 6) is -0.0462. The third-order valence-electron chi connectivity index (χ3n) is 4.02. The molecule has 3 rings (SSSR count). The summed E-state index contributed by atoms with van der Waals surface area (Å²) >= 11 is 0. The van der Waals surface area contributed by atoms with E-state index in [2.05, 4.69) is 12.2 Å². The second-order valence-corrected chi connectivity index (χ2v) is 5.72. The highest BCUT2D eigenvalue weighted by atomic mass is 16.1. The molecule has 0 aliphatic rings. The minimum absolute atomic E-state index is 0.0462. The van der Waals surface area contributed by atoms with Crippen molar-refractivity contribution in [2.75, 3.05) is 0 Å². The summed E-state index contributed by atoms with van der Waals surface area (Å²) in [6, 6.07) is 19.7. The molecule has 0 saturated carbocycles. The third-order valence-corrected chi connectivity index (χ3v) is 4.02. The largest absolute Gasteiger partial charge is 0.350 e. The molecule has 2 aromatic carbocycles. The quantitative estimate of drug-likeness (QED) is 0.774. The fourth-order valence-electron chi connectivity index (χ4n) is 2.52. The lowest BCUT2D eigenvalue weighted by Gasteiger charge is -2.14. The molecule has 1 N–H and O–H groups in total. The maximum absolute atomic E-state index is 12.7. The fraction of sp³-hybridized carbons (Fsp3) is 0.200. The average molecular weight is 304 g/mol. The molecule has 3 aromatic rings. The van der Waals surface area contributed by atoms with Crippen molar-refractivity contribution in [2.24, 2.45) is 0 Å². The lowest BCUT2D eigenvalue weighted by molar-refractivity contribution is 0.0941. The lowest BCUT2D eigenvalue weighted by atomic mass is 10.0. The summed E-state index contributed by atoms with van der Waals surface area (Å²) in [7, 11) is 0. The van der Waals surface area contributed by atoms with Crippen LogP contribution in [0.25, 0.3) is 22.2 Å². The molecule has 1 unspecified atom stereocenters. The van der Waals surface area contributed by atoms with E-state index in [1.165, 1.54) is 0 Å². The zero-order valence-electron chi connectivity index (χ0n) is 13.4. The van der Waals surface area contributed by atoms with Gasteiger partial charge in [-0.1, -0.05) is 55.5 Å². The Hall–Kier alpha value is -2.68. The number of nitrogens with one attached hydrogen (secondary N) is 1. The SMILES string of the molecule is CCC(C)NC(=O)c1cc(-c2ccccc2)nc2ccccc12. The number of pyridine rings is 1. The number of carbonyl (C=O) groups is 1. The van der Waals surface area contributed by atoms with E-state index in [4.69, 9.17) is 4.98 Å². The maximum Gasteiger partial charge on any atom is 0.252 e. The van der Waals surface area contributed by atoms with E-state index in [1.54, 1.807) is 0 Å². The molecule has 1 atom stereocenters. The molecular formula is C20H20N2O. The molecule has 3 heteroatoms. The van der Waals surface area contributed by atoms with Crippen molar-refractivity contribution >= 4 is 16.8 Å². The molecule has 1 heterocycles. The van der Waals surface area contributed by atoms with Gasteiger partial charge in [0.1, 0.15) is 0 Å². The summed E-state index contributed by atoms with van der Waals surface area (Å²) < 4.78 is 0. The normalized spacial score (nSPS) is 12.1. The van der Waals surface area contributed by atoms with Gasteiger partial charge in [-0.15, -0.1) is 0 Å². The van der Waals surface area contributed by atoms with Crippen molar-refractivity contribution in [2.45, 2.75) is 26.3 Å². The summed E-state index contributed by atoms with van der Waals surface area (Å²) in [6.07, 6.45) is 0.903. The first kappa shape index (κ1) is 15.2. The number of aromatic nitrogens is 1. The molecule has 0 aliphatic heterocycles. The number of carbonyl (C=O) groups excluding carboxylic acids is 1. The van der Waals surface area contributed by atoms with E-state index in [0.29, 0.717) is 5.56 Å². The lowest BCUT2D eigenvalue weighted by Crippen LogP contribution is -2.32. The van der Waals surface area contributed by atoms with Crippen LogP contribution in [0, 0.1) is 0 Å². The van der Waals surface area contributed by atoms with Crippen LogP contribution in [0.1, 0.15) is 30.6 Å². The Kier molecular flexibility index (Phi) is 4.38. The van der Waals surface area contributed by atoms with Gasteiger partial charge in [0.15, 0.2) is 0 Å². The van der Waals surface area contributed by atoms with Crippen LogP contribution in [0.15, 0.2) is 60.7 Å². The van der Waals surface area contributed by atoms with Gasteiger partial charge in [-0.05, 0) is 25.5 Å². The van der Waals surface area contributed by atoms with Gasteiger partial charge in [-0.2, -0.15) is 0 Å². The van der Waals surface area contributed by atoms with E-state index in [-0.39, 0.29) is 11.9 Å². The van der Waals surface area contributed by atoms with Gasteiger partial charge in [0.2, 0.25) is 0 Å². The van der Waals surface area contributed by atoms with Crippen LogP contribution in [0.3, 0.4) is 0 Å². The first-order valence-electron chi connectivity index (χ1n) is 7.95. The van der Waals surface area contributed by atoms with Crippen LogP contribution in [-0.4, -0.2) is 16.9 Å². The van der Waals surface area contributed by atoms with E-state index < -0.39 is 0 Å². The second-order valence-electron chi connectivity index (χ2n) is 5.72. The molecule has 116 valence electrons. The predicted octanol–water partition coefficient (Wildman–Crippen LogP) is 4.43. The number of rotatable bonds is 4. The molecule has 1 amide bonds. The molecule has 0 saturated heterocycles. The molecule has 0 aliphatic carbocycles. The molecule has 0 spiro atoms. The van der Waals surface area contributed by atoms with Crippen LogP contribution in [0.2, 0.25) is 0 Å². The van der Waals surface area contributed by atoms with E-state index in [9.17, 15) is 4.79 Å². The predicted molar refractivity (Wildman–Crippen MR) is 94.4 cm³/mol. The highest BCUT2D eigenvalue weighted by Crippen LogP contribution is 2.24. The molecule has 23 heavy (non-hydrogen) atoms. The maximum atomic E-state index is 12.7. The van der Waals surface area contributed by atoms with Crippen molar-refractivity contribution < 1.29 is 4.79 Å². The summed E-state index contributed by atoms with van der Waals surface area (Å²) in [5, 5.41) is 3.93. The van der Waals surface area contributed by atoms with Crippen LogP contribution in [0.5, 0.6) is 0 Å². The third kappa shape index (κ3) is 3.24. The van der Waals surface area contributed by atoms with Crippen LogP contribution in [0.4, 0.5) is 0 Å². The number of hydrogen-bond donors (Lipinski definition) is 1. The zero-order chi connectivity index (χ0) is 16.2. The van der Waals surface area contributed by atoms with E-state index in [1.807, 2.05) is 67.6 Å². The van der Waals surface area contributed by atoms with Crippen molar-refractivity contribution in [3.63, 3.8) is 0 Å². The first-order valence-corrected chi connectivity index (χ1v) is 7.95. The van der Waals surface area contributed by atoms with Crippen molar-refractivity contribution in [3.8, 4) is 11.3 Å². The van der Waals surface area contributed by atoms with Crippen molar-refractivity contribution in [1.29, 1.82) is 0 Å². The monoisotopic (exact) mass is 304 g/mol. The minimum Gasteiger partial charge on any atom is -0.350 e. The van der Waals surface area contributed by atoms with Crippen molar-refractivity contribution in [1.82, 2.24) is 10.3 Å². The highest BCUT2D eigenvalue weighted by molar-refractivity contribution is 6.07. The van der Waals surface area contributed by atoms with Crippen LogP contribution < -0.4 is 5.32 Å². The van der Waals surface area contributed by atoms with Gasteiger partial charge in [0.05, 0.1) is 16.8 Å². The molecule has 0 bridgehead atoms. The van der Waals surface area contributed by atoms with Gasteiger partial charge in [0, 0.05) is 17.0 Å². The second kappa shape index (κ2) is 6.61. The number of benzene rings is 2. The van der Waals surface area contributed by atoms with Crippen LogP contribution >= 0.6 is 0 Å². The number of para-hydroxylation sites is 1. The highest BCUT2D eigenvalue weighted by Gasteiger charge is 2.15. The molecule has 0 radical (unpaired) electrons. The zero-order valence-corrected chi connectivity index (χ0v) is 13.4. The summed E-state index contributed by atoms with van der Waals surface area (Å²) in [6.45, 7) is 4.07. The Morgan fingerprint density at radius 2 is 1.78 bits per heavy atom. The molecule has 1 aromatic heterocycles. The van der Waals surface area contributed by atoms with Gasteiger partial charge in [-0.25, -0.2) is 4.98 Å². The molecular weight excluding hydrogens is 284 g/mol. The van der Waals surface area contributed by atoms with E-state index >= 15 is 0 Å². The summed E-state index contributed by atoms with van der Waals surface area (Å²) in [4.78, 5) is 17.4. The Labute approximate surface area is 136 Å². The van der Waals surface area contributed by atoms with Gasteiger partial charge in [-0.3, -0.25) is 4.79 Å². The number of amides is 1. The number of hydrogen-bond acceptors (Lipinski definition) is 2. The molecule has 0 fully saturated rings. The van der Waals surface area contributed by atoms with Gasteiger partial charge in [0.25, 0.3) is 5.91 Å². The Morgan fingerprint density at radius 3 is 2.52 bits per heavy atom. The van der Waals surface area contributed by atoms with Gasteiger partial charge < -0.3 is 5.32 Å². The van der Waals surface area contributed by atoms with Crippen molar-refractivity contribution in [3.05, 3.63) is 66.2 Å². The topological polar surface area (TPSA) is 42.0 Å². The smallest absolute Gasteiger partial charge is 0.252 e. The molecule has 3 nitrogen and oxygen atoms in total. The fourth-order valence-corrected chi connectivity index (χ4v) is 2.52. The number of nitrogens with zero attached hydrogens (tertiary/aromatic N) is 1. The Morgan fingerprint density at radius 1 is 1.09 bits per heavy atom.